The quantitative estimate of drug-likeness (QED) is 0.416. The molecule has 3 rings (SSSR count). The van der Waals surface area contributed by atoms with Crippen LogP contribution >= 0.6 is 22.9 Å². The number of halogens is 1. The van der Waals surface area contributed by atoms with Gasteiger partial charge in [0.25, 0.3) is 11.6 Å². The summed E-state index contributed by atoms with van der Waals surface area (Å²) in [5.41, 5.74) is 3.11. The van der Waals surface area contributed by atoms with Crippen LogP contribution in [0.4, 0.5) is 10.8 Å². The van der Waals surface area contributed by atoms with Crippen molar-refractivity contribution in [1.29, 1.82) is 0 Å². The number of nitro groups is 1. The molecule has 1 atom stereocenters. The summed E-state index contributed by atoms with van der Waals surface area (Å²) in [6.07, 6.45) is -0.735. The van der Waals surface area contributed by atoms with Crippen LogP contribution in [0, 0.1) is 24.0 Å². The number of anilines is 1. The van der Waals surface area contributed by atoms with Gasteiger partial charge in [-0.2, -0.15) is 0 Å². The number of nitro benzene ring substituents is 1. The van der Waals surface area contributed by atoms with Gasteiger partial charge in [-0.05, 0) is 56.2 Å². The van der Waals surface area contributed by atoms with E-state index < -0.39 is 11.0 Å². The molecule has 2 aromatic carbocycles. The second-order valence-electron chi connectivity index (χ2n) is 6.46. The van der Waals surface area contributed by atoms with Crippen LogP contribution in [0.2, 0.25) is 5.02 Å². The number of benzene rings is 2. The van der Waals surface area contributed by atoms with Gasteiger partial charge in [0.1, 0.15) is 5.75 Å². The van der Waals surface area contributed by atoms with E-state index in [4.69, 9.17) is 16.3 Å². The maximum atomic E-state index is 12.4. The van der Waals surface area contributed by atoms with Gasteiger partial charge in [0.15, 0.2) is 11.2 Å². The Kier molecular flexibility index (Phi) is 6.14. The normalized spacial score (nSPS) is 11.7. The summed E-state index contributed by atoms with van der Waals surface area (Å²) in [6.45, 7) is 5.41. The number of nitrogens with zero attached hydrogens (tertiary/aromatic N) is 2. The molecule has 0 saturated heterocycles. The van der Waals surface area contributed by atoms with Crippen molar-refractivity contribution < 1.29 is 14.5 Å². The molecule has 1 N–H and O–H groups in total. The topological polar surface area (TPSA) is 94.4 Å². The second-order valence-corrected chi connectivity index (χ2v) is 7.70. The van der Waals surface area contributed by atoms with Gasteiger partial charge in [0.05, 0.1) is 10.6 Å². The van der Waals surface area contributed by atoms with Crippen LogP contribution in [0.15, 0.2) is 41.8 Å². The minimum Gasteiger partial charge on any atom is -0.481 e. The van der Waals surface area contributed by atoms with E-state index >= 15 is 0 Å². The number of aryl methyl sites for hydroxylation is 2. The van der Waals surface area contributed by atoms with Crippen molar-refractivity contribution >= 4 is 39.7 Å². The van der Waals surface area contributed by atoms with Gasteiger partial charge in [0, 0.05) is 28.1 Å². The number of ether oxygens (including phenoxy) is 1. The van der Waals surface area contributed by atoms with E-state index in [1.54, 1.807) is 36.6 Å². The maximum Gasteiger partial charge on any atom is 0.269 e. The third-order valence-electron chi connectivity index (χ3n) is 4.20. The molecule has 0 aliphatic carbocycles. The fourth-order valence-electron chi connectivity index (χ4n) is 2.66. The van der Waals surface area contributed by atoms with Crippen LogP contribution in [0.5, 0.6) is 5.75 Å². The van der Waals surface area contributed by atoms with Gasteiger partial charge in [0.2, 0.25) is 0 Å². The van der Waals surface area contributed by atoms with E-state index in [0.717, 1.165) is 16.7 Å². The standard InChI is InChI=1S/C20H18ClN3O4S/c1-11-8-16(9-12(2)18(11)21)28-13(3)19(25)23-20-22-17(10-29-20)14-4-6-15(7-5-14)24(26)27/h4-10,13H,1-3H3,(H,22,23,25). The number of carbonyl (C=O) groups excluding carboxylic acids is 1. The van der Waals surface area contributed by atoms with E-state index in [0.29, 0.717) is 21.6 Å². The number of nitrogens with one attached hydrogen (secondary N) is 1. The summed E-state index contributed by atoms with van der Waals surface area (Å²) < 4.78 is 5.73. The van der Waals surface area contributed by atoms with Crippen LogP contribution in [0.3, 0.4) is 0 Å². The first-order chi connectivity index (χ1) is 13.7. The molecule has 1 amide bonds. The van der Waals surface area contributed by atoms with E-state index in [1.165, 1.54) is 23.5 Å². The monoisotopic (exact) mass is 431 g/mol. The summed E-state index contributed by atoms with van der Waals surface area (Å²) in [6, 6.07) is 9.65. The summed E-state index contributed by atoms with van der Waals surface area (Å²) >= 11 is 7.42. The number of carbonyl (C=O) groups is 1. The molecule has 0 saturated carbocycles. The Bertz CT molecular complexity index is 1040. The van der Waals surface area contributed by atoms with Crippen LogP contribution in [0.25, 0.3) is 11.3 Å². The molecule has 1 aromatic heterocycles. The molecule has 0 aliphatic heterocycles. The fraction of sp³-hybridized carbons (Fsp3) is 0.200. The van der Waals surface area contributed by atoms with Crippen molar-refractivity contribution in [1.82, 2.24) is 4.98 Å². The SMILES string of the molecule is Cc1cc(OC(C)C(=O)Nc2nc(-c3ccc([N+](=O)[O-])cc3)cs2)cc(C)c1Cl. The molecule has 7 nitrogen and oxygen atoms in total. The van der Waals surface area contributed by atoms with Gasteiger partial charge in [-0.1, -0.05) is 11.6 Å². The Morgan fingerprint density at radius 2 is 1.86 bits per heavy atom. The van der Waals surface area contributed by atoms with Gasteiger partial charge >= 0.3 is 0 Å². The molecule has 0 fully saturated rings. The van der Waals surface area contributed by atoms with Crippen LogP contribution in [-0.4, -0.2) is 21.9 Å². The summed E-state index contributed by atoms with van der Waals surface area (Å²) in [5.74, 6) is 0.234. The molecule has 29 heavy (non-hydrogen) atoms. The highest BCUT2D eigenvalue weighted by molar-refractivity contribution is 7.14. The Hall–Kier alpha value is -2.97. The first-order valence-corrected chi connectivity index (χ1v) is 9.95. The zero-order valence-corrected chi connectivity index (χ0v) is 17.5. The lowest BCUT2D eigenvalue weighted by Gasteiger charge is -2.15. The molecule has 1 heterocycles. The average Bonchev–Trinajstić information content (AvgIpc) is 3.14. The molecule has 1 unspecified atom stereocenters. The van der Waals surface area contributed by atoms with Crippen LogP contribution < -0.4 is 10.1 Å². The zero-order valence-electron chi connectivity index (χ0n) is 15.9. The number of amides is 1. The van der Waals surface area contributed by atoms with E-state index in [-0.39, 0.29) is 11.6 Å². The molecule has 0 bridgehead atoms. The highest BCUT2D eigenvalue weighted by Crippen LogP contribution is 2.28. The average molecular weight is 432 g/mol. The van der Waals surface area contributed by atoms with Crippen LogP contribution in [-0.2, 0) is 4.79 Å². The van der Waals surface area contributed by atoms with Crippen molar-refractivity contribution in [3.05, 3.63) is 68.0 Å². The van der Waals surface area contributed by atoms with E-state index in [9.17, 15) is 14.9 Å². The minimum absolute atomic E-state index is 0.0103. The number of hydrogen-bond acceptors (Lipinski definition) is 6. The lowest BCUT2D eigenvalue weighted by molar-refractivity contribution is -0.384. The highest BCUT2D eigenvalue weighted by atomic mass is 35.5. The summed E-state index contributed by atoms with van der Waals surface area (Å²) in [7, 11) is 0. The first-order valence-electron chi connectivity index (χ1n) is 8.69. The van der Waals surface area contributed by atoms with Crippen molar-refractivity contribution in [2.75, 3.05) is 5.32 Å². The summed E-state index contributed by atoms with van der Waals surface area (Å²) in [5, 5.41) is 16.3. The molecule has 9 heteroatoms. The van der Waals surface area contributed by atoms with Gasteiger partial charge in [-0.15, -0.1) is 11.3 Å². The Labute approximate surface area is 176 Å². The largest absolute Gasteiger partial charge is 0.481 e. The number of non-ortho nitro benzene ring substituents is 1. The van der Waals surface area contributed by atoms with Crippen molar-refractivity contribution in [2.45, 2.75) is 26.9 Å². The fourth-order valence-corrected chi connectivity index (χ4v) is 3.49. The van der Waals surface area contributed by atoms with E-state index in [1.807, 2.05) is 13.8 Å². The highest BCUT2D eigenvalue weighted by Gasteiger charge is 2.18. The molecule has 0 aliphatic rings. The first kappa shape index (κ1) is 20.8. The summed E-state index contributed by atoms with van der Waals surface area (Å²) in [4.78, 5) is 27.1. The smallest absolute Gasteiger partial charge is 0.269 e. The molecule has 0 radical (unpaired) electrons. The van der Waals surface area contributed by atoms with Gasteiger partial charge in [-0.3, -0.25) is 20.2 Å². The number of thiazole rings is 1. The predicted molar refractivity (Wildman–Crippen MR) is 114 cm³/mol. The number of rotatable bonds is 6. The van der Waals surface area contributed by atoms with Crippen molar-refractivity contribution in [3.8, 4) is 17.0 Å². The van der Waals surface area contributed by atoms with Gasteiger partial charge < -0.3 is 4.74 Å². The van der Waals surface area contributed by atoms with Crippen molar-refractivity contribution in [2.24, 2.45) is 0 Å². The Morgan fingerprint density at radius 1 is 1.24 bits per heavy atom. The third-order valence-corrected chi connectivity index (χ3v) is 5.55. The third kappa shape index (κ3) is 4.90. The minimum atomic E-state index is -0.735. The molecular weight excluding hydrogens is 414 g/mol. The van der Waals surface area contributed by atoms with Crippen molar-refractivity contribution in [3.63, 3.8) is 0 Å². The molecular formula is C20H18ClN3O4S. The second kappa shape index (κ2) is 8.59. The Balaban J connectivity index is 1.65. The maximum absolute atomic E-state index is 12.4. The van der Waals surface area contributed by atoms with E-state index in [2.05, 4.69) is 10.3 Å². The lowest BCUT2D eigenvalue weighted by atomic mass is 10.1. The molecule has 150 valence electrons. The Morgan fingerprint density at radius 3 is 2.45 bits per heavy atom. The lowest BCUT2D eigenvalue weighted by Crippen LogP contribution is -2.30. The van der Waals surface area contributed by atoms with Gasteiger partial charge in [-0.25, -0.2) is 4.98 Å². The molecule has 0 spiro atoms. The van der Waals surface area contributed by atoms with Crippen LogP contribution in [0.1, 0.15) is 18.1 Å². The zero-order chi connectivity index (χ0) is 21.1. The number of aromatic nitrogens is 1. The number of hydrogen-bond donors (Lipinski definition) is 1. The molecule has 3 aromatic rings. The predicted octanol–water partition coefficient (Wildman–Crippen LogP) is 5.39.